The fourth-order valence-corrected chi connectivity index (χ4v) is 6.25. The number of aliphatic carboxylic acids is 1. The van der Waals surface area contributed by atoms with Crippen LogP contribution >= 0.6 is 0 Å². The molecule has 1 heterocycles. The van der Waals surface area contributed by atoms with Gasteiger partial charge in [-0.05, 0) is 48.4 Å². The fourth-order valence-electron chi connectivity index (χ4n) is 6.25. The van der Waals surface area contributed by atoms with Crippen LogP contribution in [0.1, 0.15) is 50.7 Å². The number of methoxy groups -OCH3 is 3. The maximum Gasteiger partial charge on any atom is 0.330 e. The van der Waals surface area contributed by atoms with E-state index in [1.807, 2.05) is 36.4 Å². The Balaban J connectivity index is 1.81. The third-order valence-corrected chi connectivity index (χ3v) is 8.34. The molecule has 1 N–H and O–H groups in total. The molecule has 1 aliphatic rings. The van der Waals surface area contributed by atoms with E-state index in [9.17, 15) is 19.5 Å². The summed E-state index contributed by atoms with van der Waals surface area (Å²) >= 11 is 0. The average molecular weight is 580 g/mol. The van der Waals surface area contributed by atoms with Gasteiger partial charge in [-0.15, -0.1) is 0 Å². The van der Waals surface area contributed by atoms with E-state index >= 15 is 0 Å². The molecule has 0 aromatic heterocycles. The average Bonchev–Trinajstić information content (AvgIpc) is 3.34. The van der Waals surface area contributed by atoms with E-state index in [1.54, 1.807) is 67.8 Å². The second kappa shape index (κ2) is 12.0. The molecule has 0 aliphatic carbocycles. The Hall–Kier alpha value is -5.11. The van der Waals surface area contributed by atoms with Crippen LogP contribution in [0.5, 0.6) is 17.2 Å². The fraction of sp³-hybridized carbons (Fsp3) is 0.229. The summed E-state index contributed by atoms with van der Waals surface area (Å²) in [6.07, 6.45) is 0. The number of carbonyl (C=O) groups excluding carboxylic acids is 2. The van der Waals surface area contributed by atoms with Crippen molar-refractivity contribution in [3.8, 4) is 17.2 Å². The van der Waals surface area contributed by atoms with Gasteiger partial charge in [0.15, 0.2) is 17.3 Å². The van der Waals surface area contributed by atoms with Crippen molar-refractivity contribution in [1.82, 2.24) is 4.90 Å². The molecule has 43 heavy (non-hydrogen) atoms. The summed E-state index contributed by atoms with van der Waals surface area (Å²) in [4.78, 5) is 44.0. The highest BCUT2D eigenvalue weighted by Gasteiger charge is 2.64. The van der Waals surface area contributed by atoms with Gasteiger partial charge in [-0.3, -0.25) is 9.59 Å². The van der Waals surface area contributed by atoms with Gasteiger partial charge in [0, 0.05) is 17.0 Å². The number of rotatable bonds is 9. The van der Waals surface area contributed by atoms with Crippen molar-refractivity contribution >= 4 is 17.7 Å². The lowest BCUT2D eigenvalue weighted by Crippen LogP contribution is -2.54. The van der Waals surface area contributed by atoms with Crippen molar-refractivity contribution in [3.63, 3.8) is 0 Å². The molecule has 0 bridgehead atoms. The molecule has 0 saturated carbocycles. The van der Waals surface area contributed by atoms with E-state index in [1.165, 1.54) is 32.1 Å². The van der Waals surface area contributed by atoms with Crippen molar-refractivity contribution in [2.24, 2.45) is 5.92 Å². The molecule has 4 atom stereocenters. The normalized spacial score (nSPS) is 21.2. The third-order valence-electron chi connectivity index (χ3n) is 8.34. The number of likely N-dealkylation sites (tertiary alicyclic amines) is 1. The first-order chi connectivity index (χ1) is 20.8. The molecule has 1 saturated heterocycles. The Bertz CT molecular complexity index is 1620. The van der Waals surface area contributed by atoms with Crippen LogP contribution in [0.15, 0.2) is 103 Å². The second-order valence-corrected chi connectivity index (χ2v) is 10.6. The number of ether oxygens (including phenoxy) is 3. The molecule has 1 aliphatic heterocycles. The van der Waals surface area contributed by atoms with E-state index in [0.717, 1.165) is 0 Å². The predicted molar refractivity (Wildman–Crippen MR) is 161 cm³/mol. The minimum absolute atomic E-state index is 0.197. The molecule has 1 amide bonds. The summed E-state index contributed by atoms with van der Waals surface area (Å²) in [6, 6.07) is 28.7. The van der Waals surface area contributed by atoms with Crippen LogP contribution in [-0.4, -0.2) is 54.5 Å². The highest BCUT2D eigenvalue weighted by molar-refractivity contribution is 6.04. The number of hydrogen-bond donors (Lipinski definition) is 1. The highest BCUT2D eigenvalue weighted by Crippen LogP contribution is 2.57. The Morgan fingerprint density at radius 1 is 0.698 bits per heavy atom. The molecule has 1 fully saturated rings. The van der Waals surface area contributed by atoms with Gasteiger partial charge in [0.05, 0.1) is 33.3 Å². The maximum atomic E-state index is 14.7. The Kier molecular flexibility index (Phi) is 8.21. The first-order valence-electron chi connectivity index (χ1n) is 13.8. The van der Waals surface area contributed by atoms with Crippen LogP contribution in [0.25, 0.3) is 0 Å². The molecule has 4 aromatic carbocycles. The number of Topliss-reactive ketones (excluding diaryl/α,β-unsaturated/α-hetero) is 1. The predicted octanol–water partition coefficient (Wildman–Crippen LogP) is 6.04. The largest absolute Gasteiger partial charge is 0.497 e. The summed E-state index contributed by atoms with van der Waals surface area (Å²) in [5.74, 6) is -2.54. The summed E-state index contributed by atoms with van der Waals surface area (Å²) < 4.78 is 16.2. The number of carbonyl (C=O) groups is 3. The van der Waals surface area contributed by atoms with Crippen molar-refractivity contribution in [2.75, 3.05) is 21.3 Å². The number of amides is 1. The quantitative estimate of drug-likeness (QED) is 0.241. The minimum Gasteiger partial charge on any atom is -0.497 e. The van der Waals surface area contributed by atoms with Gasteiger partial charge in [-0.25, -0.2) is 4.79 Å². The Labute approximate surface area is 250 Å². The van der Waals surface area contributed by atoms with Crippen LogP contribution in [0, 0.1) is 5.92 Å². The molecule has 4 aromatic rings. The zero-order chi connectivity index (χ0) is 30.7. The van der Waals surface area contributed by atoms with Gasteiger partial charge in [0.1, 0.15) is 11.3 Å². The van der Waals surface area contributed by atoms with Gasteiger partial charge < -0.3 is 24.2 Å². The zero-order valence-electron chi connectivity index (χ0n) is 24.4. The van der Waals surface area contributed by atoms with Gasteiger partial charge in [0.2, 0.25) is 0 Å². The highest BCUT2D eigenvalue weighted by atomic mass is 16.5. The lowest BCUT2D eigenvalue weighted by molar-refractivity contribution is -0.148. The first-order valence-corrected chi connectivity index (χ1v) is 13.8. The monoisotopic (exact) mass is 579 g/mol. The van der Waals surface area contributed by atoms with Gasteiger partial charge >= 0.3 is 5.97 Å². The molecule has 8 nitrogen and oxygen atoms in total. The van der Waals surface area contributed by atoms with Crippen molar-refractivity contribution in [3.05, 3.63) is 125 Å². The van der Waals surface area contributed by atoms with Gasteiger partial charge in [-0.1, -0.05) is 72.8 Å². The van der Waals surface area contributed by atoms with Crippen LogP contribution in [0.4, 0.5) is 0 Å². The van der Waals surface area contributed by atoms with Crippen LogP contribution < -0.4 is 14.2 Å². The summed E-state index contributed by atoms with van der Waals surface area (Å²) in [5.41, 5.74) is 0.0478. The van der Waals surface area contributed by atoms with Crippen molar-refractivity contribution in [2.45, 2.75) is 24.4 Å². The molecular weight excluding hydrogens is 546 g/mol. The second-order valence-electron chi connectivity index (χ2n) is 10.6. The lowest BCUT2D eigenvalue weighted by Gasteiger charge is -2.38. The standard InChI is InChI=1S/C35H33NO7/c1-35(34(39)40)30(22-11-7-5-8-12-22)29(32(37)24-13-9-6-10-14-24)31(23-15-18-26(41-2)19-16-23)36(35)33(38)25-17-20-27(42-3)28(21-25)43-4/h5-21,29-31H,1-4H3,(H,39,40). The van der Waals surface area contributed by atoms with E-state index in [2.05, 4.69) is 0 Å². The van der Waals surface area contributed by atoms with E-state index in [-0.39, 0.29) is 11.3 Å². The molecular formula is C35H33NO7. The molecule has 220 valence electrons. The van der Waals surface area contributed by atoms with Gasteiger partial charge in [0.25, 0.3) is 5.91 Å². The van der Waals surface area contributed by atoms with E-state index in [4.69, 9.17) is 14.2 Å². The first kappa shape index (κ1) is 29.4. The number of carboxylic acid groups (broad SMARTS) is 1. The van der Waals surface area contributed by atoms with Crippen molar-refractivity contribution in [1.29, 1.82) is 0 Å². The molecule has 4 unspecified atom stereocenters. The van der Waals surface area contributed by atoms with Gasteiger partial charge in [-0.2, -0.15) is 0 Å². The summed E-state index contributed by atoms with van der Waals surface area (Å²) in [5, 5.41) is 11.0. The smallest absolute Gasteiger partial charge is 0.330 e. The topological polar surface area (TPSA) is 102 Å². The van der Waals surface area contributed by atoms with E-state index in [0.29, 0.717) is 33.9 Å². The van der Waals surface area contributed by atoms with E-state index < -0.39 is 35.3 Å². The van der Waals surface area contributed by atoms with Crippen LogP contribution in [-0.2, 0) is 4.79 Å². The summed E-state index contributed by atoms with van der Waals surface area (Å²) in [6.45, 7) is 1.53. The van der Waals surface area contributed by atoms with Crippen LogP contribution in [0.2, 0.25) is 0 Å². The van der Waals surface area contributed by atoms with Crippen molar-refractivity contribution < 1.29 is 33.7 Å². The van der Waals surface area contributed by atoms with Crippen LogP contribution in [0.3, 0.4) is 0 Å². The number of hydrogen-bond acceptors (Lipinski definition) is 6. The zero-order valence-corrected chi connectivity index (χ0v) is 24.4. The summed E-state index contributed by atoms with van der Waals surface area (Å²) in [7, 11) is 4.50. The Morgan fingerprint density at radius 2 is 1.30 bits per heavy atom. The lowest BCUT2D eigenvalue weighted by atomic mass is 9.71. The number of carboxylic acids is 1. The number of benzene rings is 4. The minimum atomic E-state index is -1.83. The number of ketones is 1. The maximum absolute atomic E-state index is 14.7. The SMILES string of the molecule is COc1ccc(C2C(C(=O)c3ccccc3)C(c3ccccc3)C(C)(C(=O)O)N2C(=O)c2ccc(OC)c(OC)c2)cc1. The molecule has 0 spiro atoms. The molecule has 5 rings (SSSR count). The third kappa shape index (κ3) is 5.09. The Morgan fingerprint density at radius 3 is 1.86 bits per heavy atom. The number of nitrogens with zero attached hydrogens (tertiary/aromatic N) is 1. The molecule has 0 radical (unpaired) electrons. The molecule has 8 heteroatoms.